The highest BCUT2D eigenvalue weighted by Crippen LogP contribution is 2.34. The van der Waals surface area contributed by atoms with E-state index in [4.69, 9.17) is 14.6 Å². The molecule has 3 N–H and O–H groups in total. The average molecular weight is 753 g/mol. The molecule has 55 heavy (non-hydrogen) atoms. The summed E-state index contributed by atoms with van der Waals surface area (Å²) in [6.45, 7) is 9.01. The van der Waals surface area contributed by atoms with Crippen LogP contribution >= 0.6 is 0 Å². The fraction of sp³-hybridized carbons (Fsp3) is 0.463. The van der Waals surface area contributed by atoms with E-state index in [1.165, 1.54) is 20.6 Å². The molecule has 14 nitrogen and oxygen atoms in total. The molecule has 4 aromatic rings. The van der Waals surface area contributed by atoms with Gasteiger partial charge in [0.25, 0.3) is 0 Å². The molecule has 0 bridgehead atoms. The maximum atomic E-state index is 13.5. The van der Waals surface area contributed by atoms with Crippen LogP contribution in [0.1, 0.15) is 88.2 Å². The minimum atomic E-state index is -0.677. The highest BCUT2D eigenvalue weighted by atomic mass is 17.2. The van der Waals surface area contributed by atoms with Crippen LogP contribution < -0.4 is 5.32 Å². The summed E-state index contributed by atoms with van der Waals surface area (Å²) in [4.78, 5) is 72.9. The lowest BCUT2D eigenvalue weighted by molar-refractivity contribution is -0.188. The molecule has 1 unspecified atom stereocenters. The summed E-state index contributed by atoms with van der Waals surface area (Å²) in [7, 11) is 2.69. The molecule has 0 radical (unpaired) electrons. The number of benzene rings is 2. The summed E-state index contributed by atoms with van der Waals surface area (Å²) in [6.07, 6.45) is 10.8. The van der Waals surface area contributed by atoms with Gasteiger partial charge in [0.15, 0.2) is 0 Å². The molecule has 292 valence electrons. The van der Waals surface area contributed by atoms with Gasteiger partial charge < -0.3 is 34.7 Å². The van der Waals surface area contributed by atoms with Crippen molar-refractivity contribution in [2.75, 3.05) is 27.3 Å². The number of aliphatic imine (C=N–C) groups is 1. The number of hydrogen-bond donors (Lipinski definition) is 3. The molecule has 0 aliphatic carbocycles. The van der Waals surface area contributed by atoms with Gasteiger partial charge in [0.2, 0.25) is 18.2 Å². The third-order valence-corrected chi connectivity index (χ3v) is 10.4. The van der Waals surface area contributed by atoms with Crippen molar-refractivity contribution in [1.29, 1.82) is 0 Å². The number of aromatic nitrogens is 4. The Bertz CT molecular complexity index is 2000. The van der Waals surface area contributed by atoms with Gasteiger partial charge in [0, 0.05) is 13.1 Å². The van der Waals surface area contributed by atoms with Crippen molar-refractivity contribution in [3.63, 3.8) is 0 Å². The second-order valence-corrected chi connectivity index (χ2v) is 14.8. The van der Waals surface area contributed by atoms with Gasteiger partial charge in [-0.15, -0.1) is 0 Å². The Morgan fingerprint density at radius 2 is 1.64 bits per heavy atom. The summed E-state index contributed by atoms with van der Waals surface area (Å²) in [6, 6.07) is 12.9. The number of allylic oxidation sites excluding steroid dienone is 1. The van der Waals surface area contributed by atoms with Gasteiger partial charge >= 0.3 is 6.09 Å². The zero-order valence-electron chi connectivity index (χ0n) is 32.5. The molecule has 2 fully saturated rings. The molecule has 4 heterocycles. The van der Waals surface area contributed by atoms with Crippen molar-refractivity contribution < 1.29 is 28.9 Å². The number of carbonyl (C=O) groups excluding carboxylic acids is 3. The van der Waals surface area contributed by atoms with Crippen molar-refractivity contribution >= 4 is 41.4 Å². The van der Waals surface area contributed by atoms with E-state index in [0.717, 1.165) is 77.2 Å². The molecular weight excluding hydrogens is 701 g/mol. The van der Waals surface area contributed by atoms with Crippen LogP contribution in [0.15, 0.2) is 59.7 Å². The quantitative estimate of drug-likeness (QED) is 0.0565. The largest absolute Gasteiger partial charge is 0.453 e. The van der Waals surface area contributed by atoms with Crippen LogP contribution in [0, 0.1) is 11.8 Å². The van der Waals surface area contributed by atoms with Crippen molar-refractivity contribution in [3.8, 4) is 11.3 Å². The van der Waals surface area contributed by atoms with E-state index < -0.39 is 18.2 Å². The number of amides is 3. The van der Waals surface area contributed by atoms with Crippen LogP contribution in [0.2, 0.25) is 0 Å². The average Bonchev–Trinajstić information content (AvgIpc) is 4.01. The van der Waals surface area contributed by atoms with Crippen molar-refractivity contribution in [2.24, 2.45) is 16.8 Å². The van der Waals surface area contributed by atoms with Crippen LogP contribution in [0.5, 0.6) is 0 Å². The summed E-state index contributed by atoms with van der Waals surface area (Å²) in [5, 5.41) is 2.70. The lowest BCUT2D eigenvalue weighted by Gasteiger charge is -2.29. The number of rotatable bonds is 14. The third-order valence-electron chi connectivity index (χ3n) is 10.4. The molecule has 2 aromatic carbocycles. The molecule has 6 rings (SSSR count). The first-order chi connectivity index (χ1) is 26.6. The first-order valence-electron chi connectivity index (χ1n) is 19.0. The molecule has 0 saturated carbocycles. The summed E-state index contributed by atoms with van der Waals surface area (Å²) in [5.74, 6) is 1.25. The summed E-state index contributed by atoms with van der Waals surface area (Å²) < 4.78 is 4.76. The minimum absolute atomic E-state index is 0.00459. The second kappa shape index (κ2) is 17.8. The number of methoxy groups -OCH3 is 1. The van der Waals surface area contributed by atoms with Crippen LogP contribution in [-0.4, -0.2) is 93.4 Å². The molecule has 3 amide bonds. The van der Waals surface area contributed by atoms with Crippen LogP contribution in [0.25, 0.3) is 28.4 Å². The van der Waals surface area contributed by atoms with Crippen molar-refractivity contribution in [1.82, 2.24) is 35.1 Å². The molecule has 14 heteroatoms. The lowest BCUT2D eigenvalue weighted by Crippen LogP contribution is -2.51. The van der Waals surface area contributed by atoms with E-state index in [1.54, 1.807) is 0 Å². The number of ether oxygens (including phenoxy) is 1. The van der Waals surface area contributed by atoms with E-state index >= 15 is 0 Å². The molecule has 0 spiro atoms. The number of imidazole rings is 2. The number of carbonyl (C=O) groups is 3. The number of likely N-dealkylation sites (tertiary alicyclic amines) is 2. The predicted molar refractivity (Wildman–Crippen MR) is 210 cm³/mol. The first-order valence-corrected chi connectivity index (χ1v) is 19.0. The fourth-order valence-electron chi connectivity index (χ4n) is 7.45. The Labute approximate surface area is 321 Å². The standard InChI is InChI=1S/C41H52N8O6/c1-25(2)35(43-24-55-54-6)39(50)48-20-8-12-33(48)37-42-23-32(46-37)29-17-14-27(15-18-29)10-7-11-28-16-19-30-31(22-28)45-38(44-30)34-13-9-21-49(34)40(51)36(26(3)4)47-41(52)53-5/h7,10,14-19,22-26,33-36H,8-9,11-13,20-21H2,1-6H3,(H,42,46)(H,44,45)(H,47,52)/t33?,34-,35-,36-/m0/s1. The predicted octanol–water partition coefficient (Wildman–Crippen LogP) is 6.55. The minimum Gasteiger partial charge on any atom is -0.453 e. The Morgan fingerprint density at radius 1 is 0.927 bits per heavy atom. The monoisotopic (exact) mass is 752 g/mol. The number of hydrogen-bond acceptors (Lipinski definition) is 9. The highest BCUT2D eigenvalue weighted by molar-refractivity contribution is 5.87. The summed E-state index contributed by atoms with van der Waals surface area (Å²) >= 11 is 0. The van der Waals surface area contributed by atoms with E-state index in [9.17, 15) is 14.4 Å². The smallest absolute Gasteiger partial charge is 0.407 e. The maximum Gasteiger partial charge on any atom is 0.407 e. The van der Waals surface area contributed by atoms with E-state index in [0.29, 0.717) is 13.1 Å². The highest BCUT2D eigenvalue weighted by Gasteiger charge is 2.38. The van der Waals surface area contributed by atoms with Gasteiger partial charge in [-0.25, -0.2) is 19.8 Å². The Balaban J connectivity index is 1.07. The molecule has 2 aliphatic heterocycles. The van der Waals surface area contributed by atoms with Crippen LogP contribution in [-0.2, 0) is 30.5 Å². The zero-order chi connectivity index (χ0) is 39.1. The number of H-pyrrole nitrogens is 2. The number of fused-ring (bicyclic) bond motifs is 1. The Kier molecular flexibility index (Phi) is 12.7. The molecular formula is C41H52N8O6. The number of aromatic amines is 2. The van der Waals surface area contributed by atoms with Gasteiger partial charge in [0.05, 0.1) is 49.2 Å². The maximum absolute atomic E-state index is 13.5. The molecule has 4 atom stereocenters. The lowest BCUT2D eigenvalue weighted by atomic mass is 10.0. The first kappa shape index (κ1) is 39.2. The molecule has 2 saturated heterocycles. The van der Waals surface area contributed by atoms with Crippen LogP contribution in [0.4, 0.5) is 4.79 Å². The SMILES string of the molecule is COOC=N[C@H](C(=O)N1CCCC1c1ncc(-c2ccc(C=CCc3ccc4nc([C@@H]5CCCN5C(=O)[C@@H](NC(=O)OC)C(C)C)[nH]c4c3)cc2)[nH]1)C(C)C. The van der Waals surface area contributed by atoms with Gasteiger partial charge in [-0.1, -0.05) is 70.2 Å². The van der Waals surface area contributed by atoms with Crippen LogP contribution in [0.3, 0.4) is 0 Å². The van der Waals surface area contributed by atoms with Gasteiger partial charge in [-0.2, -0.15) is 4.89 Å². The van der Waals surface area contributed by atoms with E-state index in [-0.39, 0.29) is 35.7 Å². The van der Waals surface area contributed by atoms with Gasteiger partial charge in [0.1, 0.15) is 23.7 Å². The van der Waals surface area contributed by atoms with E-state index in [2.05, 4.69) is 78.7 Å². The van der Waals surface area contributed by atoms with Gasteiger partial charge in [-0.05, 0) is 72.8 Å². The number of nitrogens with one attached hydrogen (secondary N) is 3. The van der Waals surface area contributed by atoms with E-state index in [1.807, 2.05) is 49.8 Å². The fourth-order valence-corrected chi connectivity index (χ4v) is 7.45. The second-order valence-electron chi connectivity index (χ2n) is 14.8. The van der Waals surface area contributed by atoms with Gasteiger partial charge in [-0.3, -0.25) is 9.59 Å². The Morgan fingerprint density at radius 3 is 2.31 bits per heavy atom. The zero-order valence-corrected chi connectivity index (χ0v) is 32.5. The Hall–Kier alpha value is -5.50. The topological polar surface area (TPSA) is 167 Å². The molecule has 2 aliphatic rings. The number of nitrogens with zero attached hydrogens (tertiary/aromatic N) is 5. The summed E-state index contributed by atoms with van der Waals surface area (Å²) in [5.41, 5.74) is 5.89. The van der Waals surface area contributed by atoms with Crippen molar-refractivity contribution in [3.05, 3.63) is 77.5 Å². The number of alkyl carbamates (subject to hydrolysis) is 1. The molecule has 2 aromatic heterocycles. The van der Waals surface area contributed by atoms with Crippen molar-refractivity contribution in [2.45, 2.75) is 84.0 Å². The normalized spacial score (nSPS) is 18.6. The third kappa shape index (κ3) is 9.07.